The van der Waals surface area contributed by atoms with E-state index in [2.05, 4.69) is 43.4 Å². The molecule has 0 atom stereocenters. The predicted molar refractivity (Wildman–Crippen MR) is 96.1 cm³/mol. The van der Waals surface area contributed by atoms with E-state index in [0.29, 0.717) is 6.42 Å². The van der Waals surface area contributed by atoms with Crippen molar-refractivity contribution in [2.24, 2.45) is 0 Å². The Hall–Kier alpha value is -1.31. The minimum Gasteiger partial charge on any atom is -0.481 e. The first-order chi connectivity index (χ1) is 10.8. The van der Waals surface area contributed by atoms with Crippen molar-refractivity contribution in [3.05, 3.63) is 36.5 Å². The normalized spacial score (nSPS) is 12.0. The monoisotopic (exact) mass is 306 g/mol. The Morgan fingerprint density at radius 2 is 1.23 bits per heavy atom. The van der Waals surface area contributed by atoms with Gasteiger partial charge in [-0.25, -0.2) is 0 Å². The summed E-state index contributed by atoms with van der Waals surface area (Å²) in [6.07, 6.45) is 26.3. The van der Waals surface area contributed by atoms with E-state index >= 15 is 0 Å². The van der Waals surface area contributed by atoms with Crippen LogP contribution < -0.4 is 0 Å². The largest absolute Gasteiger partial charge is 0.481 e. The molecule has 2 heteroatoms. The number of rotatable bonds is 15. The predicted octanol–water partition coefficient (Wildman–Crippen LogP) is 6.44. The second-order valence-corrected chi connectivity index (χ2v) is 5.79. The summed E-state index contributed by atoms with van der Waals surface area (Å²) in [5.74, 6) is -0.669. The van der Waals surface area contributed by atoms with Gasteiger partial charge < -0.3 is 5.11 Å². The van der Waals surface area contributed by atoms with E-state index < -0.39 is 5.97 Å². The Kier molecular flexibility index (Phi) is 16.7. The van der Waals surface area contributed by atoms with Crippen LogP contribution in [0.5, 0.6) is 0 Å². The van der Waals surface area contributed by atoms with Gasteiger partial charge >= 0.3 is 5.97 Å². The maximum atomic E-state index is 10.3. The molecule has 0 unspecified atom stereocenters. The molecule has 22 heavy (non-hydrogen) atoms. The third kappa shape index (κ3) is 18.7. The molecule has 0 bridgehead atoms. The lowest BCUT2D eigenvalue weighted by molar-refractivity contribution is -0.137. The van der Waals surface area contributed by atoms with Crippen LogP contribution in [-0.2, 0) is 4.79 Å². The van der Waals surface area contributed by atoms with Crippen LogP contribution in [0.1, 0.15) is 84.0 Å². The third-order valence-electron chi connectivity index (χ3n) is 3.59. The van der Waals surface area contributed by atoms with Gasteiger partial charge in [0.15, 0.2) is 0 Å². The van der Waals surface area contributed by atoms with Gasteiger partial charge in [0.05, 0.1) is 0 Å². The molecular formula is C20H34O2. The number of hydrogen-bond donors (Lipinski definition) is 1. The van der Waals surface area contributed by atoms with Gasteiger partial charge in [-0.15, -0.1) is 0 Å². The fraction of sp³-hybridized carbons (Fsp3) is 0.650. The quantitative estimate of drug-likeness (QED) is 0.279. The summed E-state index contributed by atoms with van der Waals surface area (Å²) in [6, 6.07) is 0. The van der Waals surface area contributed by atoms with Crippen molar-refractivity contribution in [1.82, 2.24) is 0 Å². The molecule has 0 aliphatic heterocycles. The van der Waals surface area contributed by atoms with Crippen molar-refractivity contribution in [2.45, 2.75) is 84.0 Å². The maximum Gasteiger partial charge on any atom is 0.303 e. The first kappa shape index (κ1) is 20.7. The van der Waals surface area contributed by atoms with Crippen molar-refractivity contribution in [1.29, 1.82) is 0 Å². The van der Waals surface area contributed by atoms with Gasteiger partial charge in [0.2, 0.25) is 0 Å². The molecule has 0 aliphatic rings. The van der Waals surface area contributed by atoms with E-state index in [9.17, 15) is 4.79 Å². The summed E-state index contributed by atoms with van der Waals surface area (Å²) in [7, 11) is 0. The number of carboxylic acid groups (broad SMARTS) is 1. The van der Waals surface area contributed by atoms with Crippen LogP contribution in [0.2, 0.25) is 0 Å². The molecule has 0 aromatic rings. The Bertz CT molecular complexity index is 327. The summed E-state index contributed by atoms with van der Waals surface area (Å²) in [6.45, 7) is 2.21. The van der Waals surface area contributed by atoms with E-state index in [1.807, 2.05) is 0 Å². The molecule has 0 radical (unpaired) electrons. The topological polar surface area (TPSA) is 37.3 Å². The van der Waals surface area contributed by atoms with E-state index in [0.717, 1.165) is 19.3 Å². The fourth-order valence-electron chi connectivity index (χ4n) is 2.22. The van der Waals surface area contributed by atoms with Crippen LogP contribution in [0.4, 0.5) is 0 Å². The molecular weight excluding hydrogens is 272 g/mol. The molecule has 1 N–H and O–H groups in total. The Labute approximate surface area is 137 Å². The van der Waals surface area contributed by atoms with Crippen LogP contribution in [0, 0.1) is 0 Å². The lowest BCUT2D eigenvalue weighted by atomic mass is 10.1. The highest BCUT2D eigenvalue weighted by molar-refractivity contribution is 5.66. The number of carbonyl (C=O) groups is 1. The minimum absolute atomic E-state index is 0.326. The average molecular weight is 306 g/mol. The summed E-state index contributed by atoms with van der Waals surface area (Å²) in [5, 5.41) is 8.52. The second-order valence-electron chi connectivity index (χ2n) is 5.79. The second kappa shape index (κ2) is 17.7. The lowest BCUT2D eigenvalue weighted by Crippen LogP contribution is -1.93. The standard InChI is InChI=1S/C20H34O2/c1-2-3-4-5-6-7-8-9-10-11-12-13-14-15-16-17-18-19-20(21)22/h5-10H,2-4,11-19H2,1H3,(H,21,22)/b6-5-,8-7+,10-9-. The molecule has 0 rings (SSSR count). The van der Waals surface area contributed by atoms with Crippen LogP contribution in [-0.4, -0.2) is 11.1 Å². The zero-order valence-corrected chi connectivity index (χ0v) is 14.3. The molecule has 0 spiro atoms. The van der Waals surface area contributed by atoms with E-state index in [4.69, 9.17) is 5.11 Å². The molecule has 0 saturated carbocycles. The smallest absolute Gasteiger partial charge is 0.303 e. The Morgan fingerprint density at radius 1 is 0.727 bits per heavy atom. The van der Waals surface area contributed by atoms with E-state index in [1.54, 1.807) is 0 Å². The zero-order valence-electron chi connectivity index (χ0n) is 14.3. The number of allylic oxidation sites excluding steroid dienone is 6. The SMILES string of the molecule is CCCC\C=C/C=C/C=C\CCCCCCCCCC(=O)O. The van der Waals surface area contributed by atoms with Gasteiger partial charge in [-0.2, -0.15) is 0 Å². The third-order valence-corrected chi connectivity index (χ3v) is 3.59. The molecule has 0 aromatic heterocycles. The lowest BCUT2D eigenvalue weighted by Gasteiger charge is -1.99. The van der Waals surface area contributed by atoms with Crippen molar-refractivity contribution < 1.29 is 9.90 Å². The van der Waals surface area contributed by atoms with Crippen molar-refractivity contribution in [3.63, 3.8) is 0 Å². The summed E-state index contributed by atoms with van der Waals surface area (Å²) >= 11 is 0. The van der Waals surface area contributed by atoms with Gasteiger partial charge in [0.1, 0.15) is 0 Å². The van der Waals surface area contributed by atoms with Gasteiger partial charge in [-0.3, -0.25) is 4.79 Å². The minimum atomic E-state index is -0.669. The highest BCUT2D eigenvalue weighted by Crippen LogP contribution is 2.09. The number of unbranched alkanes of at least 4 members (excludes halogenated alkanes) is 9. The van der Waals surface area contributed by atoms with E-state index in [-0.39, 0.29) is 0 Å². The van der Waals surface area contributed by atoms with Crippen LogP contribution in [0.3, 0.4) is 0 Å². The molecule has 0 amide bonds. The molecule has 2 nitrogen and oxygen atoms in total. The van der Waals surface area contributed by atoms with Crippen molar-refractivity contribution in [2.75, 3.05) is 0 Å². The van der Waals surface area contributed by atoms with Gasteiger partial charge in [0.25, 0.3) is 0 Å². The van der Waals surface area contributed by atoms with Crippen LogP contribution >= 0.6 is 0 Å². The Balaban J connectivity index is 3.25. The van der Waals surface area contributed by atoms with Gasteiger partial charge in [0, 0.05) is 6.42 Å². The Morgan fingerprint density at radius 3 is 1.77 bits per heavy atom. The summed E-state index contributed by atoms with van der Waals surface area (Å²) < 4.78 is 0. The van der Waals surface area contributed by atoms with Crippen LogP contribution in [0.15, 0.2) is 36.5 Å². The number of aliphatic carboxylic acids is 1. The van der Waals surface area contributed by atoms with Gasteiger partial charge in [-0.05, 0) is 25.7 Å². The molecule has 0 heterocycles. The molecule has 0 fully saturated rings. The van der Waals surface area contributed by atoms with Crippen LogP contribution in [0.25, 0.3) is 0 Å². The summed E-state index contributed by atoms with van der Waals surface area (Å²) in [4.78, 5) is 10.3. The van der Waals surface area contributed by atoms with E-state index in [1.165, 1.54) is 51.4 Å². The van der Waals surface area contributed by atoms with Gasteiger partial charge in [-0.1, -0.05) is 88.3 Å². The van der Waals surface area contributed by atoms with Crippen molar-refractivity contribution in [3.8, 4) is 0 Å². The molecule has 0 saturated heterocycles. The molecule has 0 aromatic carbocycles. The molecule has 0 aliphatic carbocycles. The highest BCUT2D eigenvalue weighted by atomic mass is 16.4. The maximum absolute atomic E-state index is 10.3. The average Bonchev–Trinajstić information content (AvgIpc) is 2.50. The molecule has 126 valence electrons. The summed E-state index contributed by atoms with van der Waals surface area (Å²) in [5.41, 5.74) is 0. The first-order valence-electron chi connectivity index (χ1n) is 8.97. The number of hydrogen-bond acceptors (Lipinski definition) is 1. The zero-order chi connectivity index (χ0) is 16.3. The number of carboxylic acids is 1. The van der Waals surface area contributed by atoms with Crippen molar-refractivity contribution >= 4 is 5.97 Å². The highest BCUT2D eigenvalue weighted by Gasteiger charge is 1.96. The first-order valence-corrected chi connectivity index (χ1v) is 8.97. The fourth-order valence-corrected chi connectivity index (χ4v) is 2.22.